The third-order valence-corrected chi connectivity index (χ3v) is 8.07. The first kappa shape index (κ1) is 29.0. The minimum atomic E-state index is -0.426. The molecule has 1 saturated heterocycles. The number of thioether (sulfide) groups is 1. The van der Waals surface area contributed by atoms with Crippen LogP contribution in [0.5, 0.6) is 11.5 Å². The molecule has 1 aliphatic rings. The maximum atomic E-state index is 13.0. The lowest BCUT2D eigenvalue weighted by Crippen LogP contribution is -2.27. The Balaban J connectivity index is 1.43. The highest BCUT2D eigenvalue weighted by atomic mass is 79.9. The van der Waals surface area contributed by atoms with Crippen LogP contribution in [-0.2, 0) is 16.1 Å². The SMILES string of the molecule is COc1cc(/C=C2/SC(=O)N(Cc3ccc(Cl)cc3Cl)C2=O)ccc1OCC(=O)Nc1cc(C)c(C)cc1Br. The molecule has 0 unspecified atom stereocenters. The average molecular weight is 650 g/mol. The van der Waals surface area contributed by atoms with E-state index in [0.29, 0.717) is 38.4 Å². The summed E-state index contributed by atoms with van der Waals surface area (Å²) in [6, 6.07) is 13.7. The Bertz CT molecular complexity index is 1510. The number of benzene rings is 3. The van der Waals surface area contributed by atoms with Crippen LogP contribution in [0, 0.1) is 13.8 Å². The van der Waals surface area contributed by atoms with E-state index in [4.69, 9.17) is 32.7 Å². The molecule has 11 heteroatoms. The van der Waals surface area contributed by atoms with Crippen LogP contribution in [0.2, 0.25) is 10.0 Å². The molecule has 7 nitrogen and oxygen atoms in total. The van der Waals surface area contributed by atoms with E-state index in [9.17, 15) is 14.4 Å². The summed E-state index contributed by atoms with van der Waals surface area (Å²) in [5.74, 6) is -0.0328. The number of rotatable bonds is 8. The molecule has 0 radical (unpaired) electrons. The van der Waals surface area contributed by atoms with E-state index in [-0.39, 0.29) is 24.0 Å². The molecule has 3 aromatic rings. The van der Waals surface area contributed by atoms with Crippen LogP contribution in [0.3, 0.4) is 0 Å². The van der Waals surface area contributed by atoms with Crippen LogP contribution in [0.1, 0.15) is 22.3 Å². The zero-order valence-corrected chi connectivity index (χ0v) is 25.1. The second kappa shape index (κ2) is 12.5. The molecule has 39 heavy (non-hydrogen) atoms. The van der Waals surface area contributed by atoms with Crippen molar-refractivity contribution in [1.29, 1.82) is 0 Å². The topological polar surface area (TPSA) is 84.9 Å². The van der Waals surface area contributed by atoms with E-state index in [1.165, 1.54) is 7.11 Å². The molecule has 4 rings (SSSR count). The number of ether oxygens (including phenoxy) is 2. The predicted molar refractivity (Wildman–Crippen MR) is 159 cm³/mol. The average Bonchev–Trinajstić information content (AvgIpc) is 3.15. The maximum Gasteiger partial charge on any atom is 0.293 e. The minimum absolute atomic E-state index is 0.0366. The molecule has 0 spiro atoms. The van der Waals surface area contributed by atoms with Gasteiger partial charge in [0, 0.05) is 14.5 Å². The van der Waals surface area contributed by atoms with Gasteiger partial charge < -0.3 is 14.8 Å². The normalized spacial score (nSPS) is 14.2. The van der Waals surface area contributed by atoms with Crippen molar-refractivity contribution in [3.8, 4) is 11.5 Å². The summed E-state index contributed by atoms with van der Waals surface area (Å²) in [5.41, 5.74) is 4.05. The molecular formula is C28H23BrCl2N2O5S. The molecule has 1 aliphatic heterocycles. The van der Waals surface area contributed by atoms with Gasteiger partial charge in [0.2, 0.25) is 0 Å². The van der Waals surface area contributed by atoms with Gasteiger partial charge >= 0.3 is 0 Å². The molecule has 0 atom stereocenters. The molecule has 1 fully saturated rings. The zero-order chi connectivity index (χ0) is 28.3. The van der Waals surface area contributed by atoms with Gasteiger partial charge in [-0.05, 0) is 106 Å². The highest BCUT2D eigenvalue weighted by Gasteiger charge is 2.35. The van der Waals surface area contributed by atoms with Crippen LogP contribution in [0.25, 0.3) is 6.08 Å². The number of nitrogens with zero attached hydrogens (tertiary/aromatic N) is 1. The fourth-order valence-corrected chi connectivity index (χ4v) is 5.57. The van der Waals surface area contributed by atoms with Gasteiger partial charge in [0.05, 0.1) is 24.2 Å². The Kier molecular flexibility index (Phi) is 9.27. The summed E-state index contributed by atoms with van der Waals surface area (Å²) in [6.07, 6.45) is 1.60. The maximum absolute atomic E-state index is 13.0. The van der Waals surface area contributed by atoms with E-state index < -0.39 is 11.1 Å². The minimum Gasteiger partial charge on any atom is -0.493 e. The third kappa shape index (κ3) is 6.97. The van der Waals surface area contributed by atoms with Crippen molar-refractivity contribution in [1.82, 2.24) is 4.90 Å². The second-order valence-corrected chi connectivity index (χ2v) is 11.4. The molecule has 1 N–H and O–H groups in total. The molecule has 0 aliphatic carbocycles. The second-order valence-electron chi connectivity index (χ2n) is 8.67. The molecule has 0 bridgehead atoms. The predicted octanol–water partition coefficient (Wildman–Crippen LogP) is 7.64. The van der Waals surface area contributed by atoms with Crippen molar-refractivity contribution < 1.29 is 23.9 Å². The number of imide groups is 1. The highest BCUT2D eigenvalue weighted by molar-refractivity contribution is 9.10. The summed E-state index contributed by atoms with van der Waals surface area (Å²) in [5, 5.41) is 3.27. The number of hydrogen-bond acceptors (Lipinski definition) is 6. The van der Waals surface area contributed by atoms with Gasteiger partial charge in [-0.3, -0.25) is 19.3 Å². The Morgan fingerprint density at radius 1 is 1.05 bits per heavy atom. The molecule has 3 amide bonds. The van der Waals surface area contributed by atoms with Crippen molar-refractivity contribution in [3.05, 3.63) is 90.2 Å². The highest BCUT2D eigenvalue weighted by Crippen LogP contribution is 2.36. The van der Waals surface area contributed by atoms with Gasteiger partial charge in [0.1, 0.15) is 0 Å². The van der Waals surface area contributed by atoms with E-state index in [1.807, 2.05) is 26.0 Å². The first-order valence-corrected chi connectivity index (χ1v) is 14.0. The number of anilines is 1. The number of aryl methyl sites for hydroxylation is 2. The Labute approximate surface area is 248 Å². The van der Waals surface area contributed by atoms with Crippen molar-refractivity contribution >= 4 is 79.7 Å². The molecular weight excluding hydrogens is 627 g/mol. The fraction of sp³-hybridized carbons (Fsp3) is 0.179. The number of halogens is 3. The first-order chi connectivity index (χ1) is 18.5. The molecule has 0 aromatic heterocycles. The Morgan fingerprint density at radius 3 is 2.51 bits per heavy atom. The Hall–Kier alpha value is -2.98. The lowest BCUT2D eigenvalue weighted by molar-refractivity contribution is -0.123. The number of methoxy groups -OCH3 is 1. The summed E-state index contributed by atoms with van der Waals surface area (Å²) in [6.45, 7) is 3.76. The van der Waals surface area contributed by atoms with Crippen LogP contribution >= 0.6 is 50.9 Å². The van der Waals surface area contributed by atoms with Gasteiger partial charge in [-0.25, -0.2) is 0 Å². The third-order valence-electron chi connectivity index (χ3n) is 5.92. The summed E-state index contributed by atoms with van der Waals surface area (Å²) < 4.78 is 11.9. The molecule has 202 valence electrons. The van der Waals surface area contributed by atoms with Crippen LogP contribution < -0.4 is 14.8 Å². The number of hydrogen-bond donors (Lipinski definition) is 1. The zero-order valence-electron chi connectivity index (χ0n) is 21.1. The lowest BCUT2D eigenvalue weighted by Gasteiger charge is -2.14. The van der Waals surface area contributed by atoms with Gasteiger partial charge in [-0.1, -0.05) is 35.3 Å². The monoisotopic (exact) mass is 648 g/mol. The van der Waals surface area contributed by atoms with E-state index in [1.54, 1.807) is 42.5 Å². The van der Waals surface area contributed by atoms with Crippen LogP contribution in [0.15, 0.2) is 57.9 Å². The molecule has 0 saturated carbocycles. The number of amides is 3. The molecule has 1 heterocycles. The Morgan fingerprint density at radius 2 is 1.79 bits per heavy atom. The largest absolute Gasteiger partial charge is 0.493 e. The fourth-order valence-electron chi connectivity index (χ4n) is 3.71. The van der Waals surface area contributed by atoms with Gasteiger partial charge in [-0.15, -0.1) is 0 Å². The van der Waals surface area contributed by atoms with E-state index in [0.717, 1.165) is 32.3 Å². The summed E-state index contributed by atoms with van der Waals surface area (Å²) in [7, 11) is 1.47. The number of carbonyl (C=O) groups is 3. The van der Waals surface area contributed by atoms with Crippen LogP contribution in [-0.4, -0.2) is 35.7 Å². The quantitative estimate of drug-likeness (QED) is 0.253. The summed E-state index contributed by atoms with van der Waals surface area (Å²) >= 11 is 16.5. The van der Waals surface area contributed by atoms with Gasteiger partial charge in [-0.2, -0.15) is 0 Å². The van der Waals surface area contributed by atoms with Crippen molar-refractivity contribution in [2.45, 2.75) is 20.4 Å². The standard InChI is InChI=1S/C28H23BrCl2N2O5S/c1-15-8-20(29)22(9-16(15)2)32-26(34)14-38-23-7-4-17(10-24(23)37-3)11-25-27(35)33(28(36)39-25)13-18-5-6-19(30)12-21(18)31/h4-12H,13-14H2,1-3H3,(H,32,34)/b25-11+. The van der Waals surface area contributed by atoms with Crippen LogP contribution in [0.4, 0.5) is 10.5 Å². The molecule has 3 aromatic carbocycles. The smallest absolute Gasteiger partial charge is 0.293 e. The van der Waals surface area contributed by atoms with E-state index in [2.05, 4.69) is 21.2 Å². The lowest BCUT2D eigenvalue weighted by atomic mass is 10.1. The number of carbonyl (C=O) groups excluding carboxylic acids is 3. The summed E-state index contributed by atoms with van der Waals surface area (Å²) in [4.78, 5) is 39.4. The first-order valence-electron chi connectivity index (χ1n) is 11.6. The number of nitrogens with one attached hydrogen (secondary N) is 1. The van der Waals surface area contributed by atoms with Crippen molar-refractivity contribution in [2.24, 2.45) is 0 Å². The van der Waals surface area contributed by atoms with Gasteiger partial charge in [0.25, 0.3) is 17.1 Å². The van der Waals surface area contributed by atoms with Gasteiger partial charge in [0.15, 0.2) is 18.1 Å². The van der Waals surface area contributed by atoms with E-state index >= 15 is 0 Å². The van der Waals surface area contributed by atoms with Crippen molar-refractivity contribution in [2.75, 3.05) is 19.0 Å². The van der Waals surface area contributed by atoms with Crippen molar-refractivity contribution in [3.63, 3.8) is 0 Å².